The normalized spacial score (nSPS) is 10.9. The Morgan fingerprint density at radius 1 is 1.31 bits per heavy atom. The van der Waals surface area contributed by atoms with E-state index >= 15 is 0 Å². The zero-order valence-corrected chi connectivity index (χ0v) is 16.9. The van der Waals surface area contributed by atoms with Crippen molar-refractivity contribution in [2.75, 3.05) is 12.8 Å². The van der Waals surface area contributed by atoms with E-state index in [1.54, 1.807) is 23.3 Å². The van der Waals surface area contributed by atoms with E-state index < -0.39 is 0 Å². The number of nitrogens with zero attached hydrogens (tertiary/aromatic N) is 4. The van der Waals surface area contributed by atoms with E-state index in [4.69, 9.17) is 11.6 Å². The van der Waals surface area contributed by atoms with Gasteiger partial charge >= 0.3 is 0 Å². The quantitative estimate of drug-likeness (QED) is 0.544. The smallest absolute Gasteiger partial charge is 0.233 e. The molecule has 0 saturated heterocycles. The summed E-state index contributed by atoms with van der Waals surface area (Å²) in [6.45, 7) is 3.34. The number of thiophene rings is 1. The molecule has 0 aliphatic heterocycles. The lowest BCUT2D eigenvalue weighted by atomic mass is 10.2. The number of carbonyl (C=O) groups excluding carboxylic acids is 1. The van der Waals surface area contributed by atoms with Crippen molar-refractivity contribution in [3.63, 3.8) is 0 Å². The van der Waals surface area contributed by atoms with Crippen molar-refractivity contribution in [2.24, 2.45) is 0 Å². The first-order valence-corrected chi connectivity index (χ1v) is 10.4. The predicted octanol–water partition coefficient (Wildman–Crippen LogP) is 4.43. The Bertz CT molecular complexity index is 879. The number of hydrogen-bond donors (Lipinski definition) is 0. The van der Waals surface area contributed by atoms with Crippen LogP contribution in [-0.2, 0) is 17.9 Å². The monoisotopic (exact) mass is 406 g/mol. The van der Waals surface area contributed by atoms with Gasteiger partial charge in [-0.3, -0.25) is 4.79 Å². The lowest BCUT2D eigenvalue weighted by molar-refractivity contribution is -0.127. The molecule has 0 aliphatic carbocycles. The molecule has 0 radical (unpaired) electrons. The summed E-state index contributed by atoms with van der Waals surface area (Å²) >= 11 is 9.05. The maximum Gasteiger partial charge on any atom is 0.233 e. The van der Waals surface area contributed by atoms with Crippen LogP contribution in [0.4, 0.5) is 0 Å². The van der Waals surface area contributed by atoms with Gasteiger partial charge in [-0.1, -0.05) is 41.6 Å². The van der Waals surface area contributed by atoms with E-state index in [0.29, 0.717) is 17.3 Å². The second-order valence-corrected chi connectivity index (χ2v) is 8.02. The highest BCUT2D eigenvalue weighted by Gasteiger charge is 2.16. The van der Waals surface area contributed by atoms with Crippen LogP contribution >= 0.6 is 34.7 Å². The van der Waals surface area contributed by atoms with Crippen LogP contribution in [0.3, 0.4) is 0 Å². The molecule has 0 saturated carbocycles. The van der Waals surface area contributed by atoms with E-state index in [-0.39, 0.29) is 5.91 Å². The Morgan fingerprint density at radius 2 is 2.15 bits per heavy atom. The Balaban J connectivity index is 1.62. The molecule has 136 valence electrons. The molecule has 0 fully saturated rings. The van der Waals surface area contributed by atoms with Crippen LogP contribution in [0.5, 0.6) is 0 Å². The van der Waals surface area contributed by atoms with Gasteiger partial charge < -0.3 is 9.47 Å². The fourth-order valence-corrected chi connectivity index (χ4v) is 4.38. The highest BCUT2D eigenvalue weighted by atomic mass is 35.5. The molecular weight excluding hydrogens is 388 g/mol. The highest BCUT2D eigenvalue weighted by Crippen LogP contribution is 2.27. The van der Waals surface area contributed by atoms with E-state index in [1.807, 2.05) is 46.3 Å². The summed E-state index contributed by atoms with van der Waals surface area (Å²) in [5.74, 6) is 1.21. The topological polar surface area (TPSA) is 51.0 Å². The van der Waals surface area contributed by atoms with E-state index in [1.165, 1.54) is 11.8 Å². The van der Waals surface area contributed by atoms with Crippen molar-refractivity contribution in [3.8, 4) is 10.7 Å². The number of rotatable bonds is 7. The SMILES string of the molecule is CCn1c(SCC(=O)N(C)Cc2cccc(Cl)c2)nnc1-c1cccs1. The Hall–Kier alpha value is -1.83. The van der Waals surface area contributed by atoms with Crippen molar-refractivity contribution in [1.29, 1.82) is 0 Å². The Kier molecular flexibility index (Phi) is 6.34. The van der Waals surface area contributed by atoms with Gasteiger partial charge in [0.2, 0.25) is 5.91 Å². The molecule has 3 rings (SSSR count). The molecule has 0 N–H and O–H groups in total. The molecule has 0 aliphatic rings. The van der Waals surface area contributed by atoms with E-state index in [9.17, 15) is 4.79 Å². The summed E-state index contributed by atoms with van der Waals surface area (Å²) in [7, 11) is 1.80. The average molecular weight is 407 g/mol. The summed E-state index contributed by atoms with van der Waals surface area (Å²) in [6, 6.07) is 11.6. The van der Waals surface area contributed by atoms with E-state index in [2.05, 4.69) is 17.1 Å². The minimum Gasteiger partial charge on any atom is -0.341 e. The third kappa shape index (κ3) is 4.47. The molecule has 1 aromatic carbocycles. The minimum absolute atomic E-state index is 0.0401. The van der Waals surface area contributed by atoms with Crippen LogP contribution in [0.15, 0.2) is 46.9 Å². The maximum atomic E-state index is 12.5. The lowest BCUT2D eigenvalue weighted by Crippen LogP contribution is -2.27. The third-order valence-electron chi connectivity index (χ3n) is 3.83. The highest BCUT2D eigenvalue weighted by molar-refractivity contribution is 7.99. The van der Waals surface area contributed by atoms with Gasteiger partial charge in [0.05, 0.1) is 10.6 Å². The second kappa shape index (κ2) is 8.70. The molecular formula is C18H19ClN4OS2. The van der Waals surface area contributed by atoms with Crippen molar-refractivity contribution in [2.45, 2.75) is 25.2 Å². The van der Waals surface area contributed by atoms with Crippen LogP contribution < -0.4 is 0 Å². The van der Waals surface area contributed by atoms with Crippen molar-refractivity contribution < 1.29 is 4.79 Å². The summed E-state index contributed by atoms with van der Waals surface area (Å²) in [4.78, 5) is 15.2. The zero-order valence-electron chi connectivity index (χ0n) is 14.6. The maximum absolute atomic E-state index is 12.5. The average Bonchev–Trinajstić information content (AvgIpc) is 3.28. The molecule has 3 aromatic rings. The van der Waals surface area contributed by atoms with Gasteiger partial charge in [0.25, 0.3) is 0 Å². The molecule has 0 atom stereocenters. The van der Waals surface area contributed by atoms with Crippen LogP contribution in [0, 0.1) is 0 Å². The van der Waals surface area contributed by atoms with Gasteiger partial charge in [-0.15, -0.1) is 21.5 Å². The molecule has 2 heterocycles. The molecule has 0 spiro atoms. The third-order valence-corrected chi connectivity index (χ3v) is 5.89. The molecule has 2 aromatic heterocycles. The molecule has 26 heavy (non-hydrogen) atoms. The van der Waals surface area contributed by atoms with Crippen LogP contribution in [-0.4, -0.2) is 38.4 Å². The van der Waals surface area contributed by atoms with Gasteiger partial charge in [-0.25, -0.2) is 0 Å². The number of thioether (sulfide) groups is 1. The first kappa shape index (κ1) is 18.9. The molecule has 8 heteroatoms. The molecule has 1 amide bonds. The first-order valence-electron chi connectivity index (χ1n) is 8.16. The van der Waals surface area contributed by atoms with Crippen LogP contribution in [0.2, 0.25) is 5.02 Å². The summed E-state index contributed by atoms with van der Waals surface area (Å²) in [6.07, 6.45) is 0. The number of benzene rings is 1. The van der Waals surface area contributed by atoms with Crippen molar-refractivity contribution in [3.05, 3.63) is 52.4 Å². The Morgan fingerprint density at radius 3 is 2.85 bits per heavy atom. The van der Waals surface area contributed by atoms with Crippen LogP contribution in [0.25, 0.3) is 10.7 Å². The standard InChI is InChI=1S/C18H19ClN4OS2/c1-3-23-17(15-8-5-9-25-15)20-21-18(23)26-12-16(24)22(2)11-13-6-4-7-14(19)10-13/h4-10H,3,11-12H2,1-2H3. The fraction of sp³-hybridized carbons (Fsp3) is 0.278. The summed E-state index contributed by atoms with van der Waals surface area (Å²) < 4.78 is 2.04. The molecule has 0 bridgehead atoms. The van der Waals surface area contributed by atoms with Crippen molar-refractivity contribution in [1.82, 2.24) is 19.7 Å². The van der Waals surface area contributed by atoms with Gasteiger partial charge in [-0.05, 0) is 36.1 Å². The number of halogens is 1. The number of carbonyl (C=O) groups is 1. The minimum atomic E-state index is 0.0401. The number of aromatic nitrogens is 3. The molecule has 5 nitrogen and oxygen atoms in total. The number of amides is 1. The van der Waals surface area contributed by atoms with Crippen LogP contribution in [0.1, 0.15) is 12.5 Å². The molecule has 0 unspecified atom stereocenters. The van der Waals surface area contributed by atoms with Gasteiger partial charge in [0.1, 0.15) is 0 Å². The van der Waals surface area contributed by atoms with E-state index in [0.717, 1.165) is 28.0 Å². The zero-order chi connectivity index (χ0) is 18.5. The number of hydrogen-bond acceptors (Lipinski definition) is 5. The van der Waals surface area contributed by atoms with Gasteiger partial charge in [0.15, 0.2) is 11.0 Å². The fourth-order valence-electron chi connectivity index (χ4n) is 2.50. The summed E-state index contributed by atoms with van der Waals surface area (Å²) in [5, 5.41) is 12.0. The lowest BCUT2D eigenvalue weighted by Gasteiger charge is -2.17. The van der Waals surface area contributed by atoms with Gasteiger partial charge in [0, 0.05) is 25.2 Å². The Labute approximate surface area is 166 Å². The second-order valence-electron chi connectivity index (χ2n) is 5.70. The first-order chi connectivity index (χ1) is 12.6. The summed E-state index contributed by atoms with van der Waals surface area (Å²) in [5.41, 5.74) is 1.01. The van der Waals surface area contributed by atoms with Gasteiger partial charge in [-0.2, -0.15) is 0 Å². The largest absolute Gasteiger partial charge is 0.341 e. The van der Waals surface area contributed by atoms with Crippen molar-refractivity contribution >= 4 is 40.6 Å². The predicted molar refractivity (Wildman–Crippen MR) is 108 cm³/mol.